The molecule has 0 saturated carbocycles. The number of anilines is 1. The number of hydrogen-bond donors (Lipinski definition) is 4. The highest BCUT2D eigenvalue weighted by molar-refractivity contribution is 9.10. The first-order chi connectivity index (χ1) is 13.6. The molecule has 8 heteroatoms. The monoisotopic (exact) mass is 440 g/mol. The van der Waals surface area contributed by atoms with Crippen molar-refractivity contribution >= 4 is 55.9 Å². The molecule has 1 unspecified atom stereocenters. The second-order valence-electron chi connectivity index (χ2n) is 6.37. The van der Waals surface area contributed by atoms with Crippen molar-refractivity contribution in [2.45, 2.75) is 6.04 Å². The van der Waals surface area contributed by atoms with Gasteiger partial charge >= 0.3 is 6.09 Å². The second-order valence-corrected chi connectivity index (χ2v) is 7.28. The molecule has 4 N–H and O–H groups in total. The van der Waals surface area contributed by atoms with Crippen LogP contribution in [0.25, 0.3) is 21.8 Å². The fraction of sp³-hybridized carbons (Fsp3) is 0.100. The zero-order valence-electron chi connectivity index (χ0n) is 14.6. The Morgan fingerprint density at radius 1 is 1.25 bits per heavy atom. The number of carbonyl (C=O) groups excluding carboxylic acids is 1. The number of carboxylic acid groups (broad SMARTS) is 1. The number of nitrogens with one attached hydrogen (secondary N) is 3. The first-order valence-corrected chi connectivity index (χ1v) is 9.41. The van der Waals surface area contributed by atoms with Gasteiger partial charge in [0.25, 0.3) is 0 Å². The van der Waals surface area contributed by atoms with Crippen LogP contribution in [0.1, 0.15) is 11.6 Å². The predicted molar refractivity (Wildman–Crippen MR) is 112 cm³/mol. The largest absolute Gasteiger partial charge is 0.465 e. The molecule has 0 aliphatic carbocycles. The SMILES string of the molecule is O=CNc1cn(C(CNC(=O)O)c2c[nH]c3ccccc23)c2cc(Br)ccc12. The molecule has 0 bridgehead atoms. The summed E-state index contributed by atoms with van der Waals surface area (Å²) in [7, 11) is 0. The number of H-pyrrole nitrogens is 1. The molecule has 142 valence electrons. The molecule has 4 aromatic rings. The molecule has 28 heavy (non-hydrogen) atoms. The Bertz CT molecular complexity index is 1180. The Labute approximate surface area is 168 Å². The van der Waals surface area contributed by atoms with Crippen LogP contribution < -0.4 is 10.6 Å². The Morgan fingerprint density at radius 3 is 2.86 bits per heavy atom. The van der Waals surface area contributed by atoms with E-state index in [1.807, 2.05) is 59.4 Å². The summed E-state index contributed by atoms with van der Waals surface area (Å²) in [6.45, 7) is 0.175. The predicted octanol–water partition coefficient (Wildman–Crippen LogP) is 4.31. The maximum atomic E-state index is 11.2. The molecular formula is C20H17BrN4O3. The lowest BCUT2D eigenvalue weighted by Gasteiger charge is -2.20. The molecule has 0 aliphatic heterocycles. The quantitative estimate of drug-likeness (QED) is 0.336. The Hall–Kier alpha value is -3.26. The van der Waals surface area contributed by atoms with Crippen LogP contribution in [0.5, 0.6) is 0 Å². The highest BCUT2D eigenvalue weighted by Gasteiger charge is 2.22. The van der Waals surface area contributed by atoms with Gasteiger partial charge in [0.2, 0.25) is 6.41 Å². The van der Waals surface area contributed by atoms with Crippen LogP contribution in [0, 0.1) is 0 Å². The molecule has 0 radical (unpaired) electrons. The molecule has 2 aromatic carbocycles. The third-order valence-electron chi connectivity index (χ3n) is 4.77. The zero-order chi connectivity index (χ0) is 19.7. The number of carbonyl (C=O) groups is 2. The number of benzene rings is 2. The minimum Gasteiger partial charge on any atom is -0.465 e. The van der Waals surface area contributed by atoms with Crippen LogP contribution in [-0.4, -0.2) is 33.7 Å². The number of amides is 2. The van der Waals surface area contributed by atoms with Gasteiger partial charge in [0, 0.05) is 45.3 Å². The lowest BCUT2D eigenvalue weighted by atomic mass is 10.1. The zero-order valence-corrected chi connectivity index (χ0v) is 16.2. The van der Waals surface area contributed by atoms with Crippen LogP contribution in [0.15, 0.2) is 59.3 Å². The smallest absolute Gasteiger partial charge is 0.404 e. The van der Waals surface area contributed by atoms with Crippen LogP contribution in [-0.2, 0) is 4.79 Å². The van der Waals surface area contributed by atoms with Crippen molar-refractivity contribution in [3.05, 3.63) is 64.9 Å². The fourth-order valence-corrected chi connectivity index (χ4v) is 3.92. The van der Waals surface area contributed by atoms with Gasteiger partial charge in [-0.25, -0.2) is 4.79 Å². The summed E-state index contributed by atoms with van der Waals surface area (Å²) in [4.78, 5) is 25.5. The number of rotatable bonds is 6. The second kappa shape index (κ2) is 7.40. The summed E-state index contributed by atoms with van der Waals surface area (Å²) >= 11 is 3.50. The average Bonchev–Trinajstić information content (AvgIpc) is 3.25. The van der Waals surface area contributed by atoms with Crippen molar-refractivity contribution in [3.63, 3.8) is 0 Å². The number of fused-ring (bicyclic) bond motifs is 2. The summed E-state index contributed by atoms with van der Waals surface area (Å²) in [5, 5.41) is 16.3. The normalized spacial score (nSPS) is 12.2. The van der Waals surface area contributed by atoms with Crippen molar-refractivity contribution in [3.8, 4) is 0 Å². The van der Waals surface area contributed by atoms with Gasteiger partial charge in [-0.1, -0.05) is 34.1 Å². The lowest BCUT2D eigenvalue weighted by molar-refractivity contribution is -0.105. The molecule has 4 rings (SSSR count). The molecule has 0 saturated heterocycles. The standard InChI is InChI=1S/C20H17BrN4O3/c21-12-5-6-14-17(24-11-26)10-25(18(14)7-12)19(9-23-20(27)28)15-8-22-16-4-2-1-3-13(15)16/h1-8,10-11,19,22-23H,9H2,(H,24,26)(H,27,28). The maximum absolute atomic E-state index is 11.2. The number of nitrogens with zero attached hydrogens (tertiary/aromatic N) is 1. The number of halogens is 1. The molecule has 0 aliphatic rings. The molecule has 7 nitrogen and oxygen atoms in total. The van der Waals surface area contributed by atoms with Gasteiger partial charge in [-0.05, 0) is 24.3 Å². The molecular weight excluding hydrogens is 424 g/mol. The average molecular weight is 441 g/mol. The van der Waals surface area contributed by atoms with E-state index in [1.54, 1.807) is 0 Å². The minimum atomic E-state index is -1.09. The summed E-state index contributed by atoms with van der Waals surface area (Å²) in [6, 6.07) is 13.3. The molecule has 2 aromatic heterocycles. The van der Waals surface area contributed by atoms with E-state index in [0.29, 0.717) is 12.1 Å². The van der Waals surface area contributed by atoms with Gasteiger partial charge in [-0.15, -0.1) is 0 Å². The van der Waals surface area contributed by atoms with Crippen molar-refractivity contribution in [1.29, 1.82) is 0 Å². The van der Waals surface area contributed by atoms with E-state index in [4.69, 9.17) is 0 Å². The van der Waals surface area contributed by atoms with E-state index in [2.05, 4.69) is 31.5 Å². The highest BCUT2D eigenvalue weighted by atomic mass is 79.9. The van der Waals surface area contributed by atoms with Crippen molar-refractivity contribution in [1.82, 2.24) is 14.9 Å². The fourth-order valence-electron chi connectivity index (χ4n) is 3.57. The third kappa shape index (κ3) is 3.22. The van der Waals surface area contributed by atoms with Gasteiger partial charge in [0.05, 0.1) is 17.2 Å². The topological polar surface area (TPSA) is 99.2 Å². The van der Waals surface area contributed by atoms with E-state index in [-0.39, 0.29) is 12.6 Å². The molecule has 1 atom stereocenters. The Balaban J connectivity index is 1.93. The van der Waals surface area contributed by atoms with Crippen molar-refractivity contribution < 1.29 is 14.7 Å². The van der Waals surface area contributed by atoms with Crippen LogP contribution in [0.3, 0.4) is 0 Å². The summed E-state index contributed by atoms with van der Waals surface area (Å²) in [5.74, 6) is 0. The van der Waals surface area contributed by atoms with Crippen LogP contribution in [0.2, 0.25) is 0 Å². The first kappa shape index (κ1) is 18.1. The van der Waals surface area contributed by atoms with E-state index in [9.17, 15) is 14.7 Å². The molecule has 2 heterocycles. The molecule has 0 spiro atoms. The summed E-state index contributed by atoms with van der Waals surface area (Å²) in [5.41, 5.74) is 3.47. The number of aromatic nitrogens is 2. The van der Waals surface area contributed by atoms with E-state index in [0.717, 1.165) is 31.8 Å². The third-order valence-corrected chi connectivity index (χ3v) is 5.27. The van der Waals surface area contributed by atoms with Crippen molar-refractivity contribution in [2.24, 2.45) is 0 Å². The van der Waals surface area contributed by atoms with Gasteiger partial charge in [-0.2, -0.15) is 0 Å². The first-order valence-electron chi connectivity index (χ1n) is 8.61. The molecule has 2 amide bonds. The summed E-state index contributed by atoms with van der Waals surface area (Å²) in [6.07, 6.45) is 3.28. The lowest BCUT2D eigenvalue weighted by Crippen LogP contribution is -2.29. The van der Waals surface area contributed by atoms with E-state index in [1.165, 1.54) is 0 Å². The van der Waals surface area contributed by atoms with Crippen LogP contribution in [0.4, 0.5) is 10.5 Å². The van der Waals surface area contributed by atoms with Gasteiger partial charge in [0.1, 0.15) is 0 Å². The minimum absolute atomic E-state index is 0.175. The van der Waals surface area contributed by atoms with Gasteiger partial charge < -0.3 is 25.3 Å². The van der Waals surface area contributed by atoms with E-state index < -0.39 is 6.09 Å². The maximum Gasteiger partial charge on any atom is 0.404 e. The Morgan fingerprint density at radius 2 is 2.07 bits per heavy atom. The van der Waals surface area contributed by atoms with E-state index >= 15 is 0 Å². The van der Waals surface area contributed by atoms with Crippen molar-refractivity contribution in [2.75, 3.05) is 11.9 Å². The number of hydrogen-bond acceptors (Lipinski definition) is 2. The number of para-hydroxylation sites is 1. The molecule has 0 fully saturated rings. The van der Waals surface area contributed by atoms with Gasteiger partial charge in [0.15, 0.2) is 0 Å². The number of aromatic amines is 1. The van der Waals surface area contributed by atoms with Gasteiger partial charge in [-0.3, -0.25) is 4.79 Å². The van der Waals surface area contributed by atoms with Crippen LogP contribution >= 0.6 is 15.9 Å². The summed E-state index contributed by atoms with van der Waals surface area (Å²) < 4.78 is 2.87. The highest BCUT2D eigenvalue weighted by Crippen LogP contribution is 2.35. The Kier molecular flexibility index (Phi) is 4.79.